The van der Waals surface area contributed by atoms with E-state index in [-0.39, 0.29) is 11.3 Å². The lowest BCUT2D eigenvalue weighted by Gasteiger charge is -2.19. The van der Waals surface area contributed by atoms with Gasteiger partial charge < -0.3 is 5.32 Å². The number of rotatable bonds is 3. The number of hydrogen-bond donors (Lipinski definition) is 1. The van der Waals surface area contributed by atoms with Crippen molar-refractivity contribution in [1.82, 2.24) is 5.32 Å². The van der Waals surface area contributed by atoms with Gasteiger partial charge in [0.1, 0.15) is 0 Å². The fraction of sp³-hybridized carbons (Fsp3) is 0.412. The number of hydrogen-bond acceptors (Lipinski definition) is 2. The van der Waals surface area contributed by atoms with Crippen molar-refractivity contribution < 1.29 is 4.79 Å². The average molecular weight is 272 g/mol. The van der Waals surface area contributed by atoms with Crippen LogP contribution in [0.5, 0.6) is 0 Å². The second kappa shape index (κ2) is 6.51. The number of benzene rings is 1. The summed E-state index contributed by atoms with van der Waals surface area (Å²) in [5.74, 6) is -0.137. The lowest BCUT2D eigenvalue weighted by molar-refractivity contribution is -0.116. The fourth-order valence-corrected chi connectivity index (χ4v) is 1.83. The Morgan fingerprint density at radius 3 is 2.15 bits per heavy atom. The molecule has 1 N–H and O–H groups in total. The standard InChI is InChI=1S/C17H24N2O/c1-12(11-16(20)18-6)19-13(2)14-7-9-15(10-8-14)17(3,4)5/h7-11H,1-6H3,(H,18,20)/b12-11+,19-13?. The third-order valence-electron chi connectivity index (χ3n) is 3.10. The minimum atomic E-state index is -0.137. The van der Waals surface area contributed by atoms with Gasteiger partial charge in [-0.1, -0.05) is 45.0 Å². The minimum absolute atomic E-state index is 0.137. The molecule has 0 aliphatic rings. The van der Waals surface area contributed by atoms with Gasteiger partial charge in [-0.15, -0.1) is 0 Å². The fourth-order valence-electron chi connectivity index (χ4n) is 1.83. The molecule has 0 aliphatic heterocycles. The monoisotopic (exact) mass is 272 g/mol. The van der Waals surface area contributed by atoms with E-state index < -0.39 is 0 Å². The molecule has 1 amide bonds. The first kappa shape index (κ1) is 16.2. The van der Waals surface area contributed by atoms with Gasteiger partial charge in [-0.25, -0.2) is 0 Å². The van der Waals surface area contributed by atoms with Gasteiger partial charge in [-0.2, -0.15) is 0 Å². The molecular formula is C17H24N2O. The summed E-state index contributed by atoms with van der Waals surface area (Å²) < 4.78 is 0. The molecule has 20 heavy (non-hydrogen) atoms. The lowest BCUT2D eigenvalue weighted by atomic mass is 9.86. The predicted molar refractivity (Wildman–Crippen MR) is 85.2 cm³/mol. The molecular weight excluding hydrogens is 248 g/mol. The maximum Gasteiger partial charge on any atom is 0.245 e. The lowest BCUT2D eigenvalue weighted by Crippen LogP contribution is -2.14. The Hall–Kier alpha value is -1.90. The van der Waals surface area contributed by atoms with Crippen molar-refractivity contribution in [2.24, 2.45) is 4.99 Å². The molecule has 1 aromatic rings. The second-order valence-corrected chi connectivity index (χ2v) is 5.92. The summed E-state index contributed by atoms with van der Waals surface area (Å²) in [6.07, 6.45) is 1.49. The molecule has 0 spiro atoms. The zero-order valence-corrected chi connectivity index (χ0v) is 13.2. The van der Waals surface area contributed by atoms with Crippen LogP contribution in [-0.4, -0.2) is 18.7 Å². The summed E-state index contributed by atoms with van der Waals surface area (Å²) in [6.45, 7) is 10.4. The highest BCUT2D eigenvalue weighted by atomic mass is 16.1. The van der Waals surface area contributed by atoms with E-state index >= 15 is 0 Å². The van der Waals surface area contributed by atoms with Gasteiger partial charge in [-0.3, -0.25) is 9.79 Å². The van der Waals surface area contributed by atoms with Crippen LogP contribution in [0, 0.1) is 0 Å². The third kappa shape index (κ3) is 4.65. The summed E-state index contributed by atoms with van der Waals surface area (Å²) in [5, 5.41) is 2.55. The summed E-state index contributed by atoms with van der Waals surface area (Å²) in [6, 6.07) is 8.41. The molecule has 0 atom stereocenters. The summed E-state index contributed by atoms with van der Waals surface area (Å²) >= 11 is 0. The highest BCUT2D eigenvalue weighted by Crippen LogP contribution is 2.22. The van der Waals surface area contributed by atoms with Crippen molar-refractivity contribution in [3.05, 3.63) is 47.2 Å². The Balaban J connectivity index is 2.95. The van der Waals surface area contributed by atoms with Crippen LogP contribution in [0.15, 0.2) is 41.0 Å². The molecule has 0 saturated heterocycles. The largest absolute Gasteiger partial charge is 0.356 e. The maximum absolute atomic E-state index is 11.2. The first-order chi connectivity index (χ1) is 9.24. The average Bonchev–Trinajstić information content (AvgIpc) is 2.37. The van der Waals surface area contributed by atoms with Crippen molar-refractivity contribution in [1.29, 1.82) is 0 Å². The first-order valence-electron chi connectivity index (χ1n) is 6.80. The highest BCUT2D eigenvalue weighted by Gasteiger charge is 2.13. The van der Waals surface area contributed by atoms with Crippen molar-refractivity contribution in [3.63, 3.8) is 0 Å². The molecule has 3 heteroatoms. The Morgan fingerprint density at radius 2 is 1.70 bits per heavy atom. The molecule has 0 saturated carbocycles. The SMILES string of the molecule is CNC(=O)/C=C(\C)N=C(C)c1ccc(C(C)(C)C)cc1. The van der Waals surface area contributed by atoms with Crippen LogP contribution in [0.2, 0.25) is 0 Å². The van der Waals surface area contributed by atoms with Crippen LogP contribution in [-0.2, 0) is 10.2 Å². The number of amides is 1. The summed E-state index contributed by atoms with van der Waals surface area (Å²) in [7, 11) is 1.61. The van der Waals surface area contributed by atoms with Crippen LogP contribution >= 0.6 is 0 Å². The van der Waals surface area contributed by atoms with Crippen molar-refractivity contribution in [2.75, 3.05) is 7.05 Å². The Morgan fingerprint density at radius 1 is 1.15 bits per heavy atom. The Bertz CT molecular complexity index is 531. The topological polar surface area (TPSA) is 41.5 Å². The first-order valence-corrected chi connectivity index (χ1v) is 6.80. The highest BCUT2D eigenvalue weighted by molar-refractivity contribution is 5.99. The van der Waals surface area contributed by atoms with Gasteiger partial charge in [0.05, 0.1) is 0 Å². The van der Waals surface area contributed by atoms with E-state index in [1.807, 2.05) is 13.8 Å². The number of aliphatic imine (C=N–C) groups is 1. The zero-order chi connectivity index (χ0) is 15.3. The van der Waals surface area contributed by atoms with E-state index in [2.05, 4.69) is 55.3 Å². The second-order valence-electron chi connectivity index (χ2n) is 5.92. The van der Waals surface area contributed by atoms with Crippen molar-refractivity contribution in [3.8, 4) is 0 Å². The number of likely N-dealkylation sites (N-methyl/N-ethyl adjacent to an activating group) is 1. The van der Waals surface area contributed by atoms with E-state index in [1.165, 1.54) is 11.6 Å². The van der Waals surface area contributed by atoms with Crippen molar-refractivity contribution >= 4 is 11.6 Å². The Labute approximate surface area is 121 Å². The van der Waals surface area contributed by atoms with Crippen molar-refractivity contribution in [2.45, 2.75) is 40.0 Å². The number of carbonyl (C=O) groups is 1. The molecule has 3 nitrogen and oxygen atoms in total. The number of carbonyl (C=O) groups excluding carboxylic acids is 1. The molecule has 108 valence electrons. The number of nitrogens with zero attached hydrogens (tertiary/aromatic N) is 1. The molecule has 0 heterocycles. The minimum Gasteiger partial charge on any atom is -0.356 e. The van der Waals surface area contributed by atoms with Gasteiger partial charge in [0.25, 0.3) is 0 Å². The van der Waals surface area contributed by atoms with Gasteiger partial charge >= 0.3 is 0 Å². The summed E-state index contributed by atoms with van der Waals surface area (Å²) in [5.41, 5.74) is 4.12. The van der Waals surface area contributed by atoms with Gasteiger partial charge in [0.15, 0.2) is 0 Å². The quantitative estimate of drug-likeness (QED) is 0.664. The van der Waals surface area contributed by atoms with Gasteiger partial charge in [0.2, 0.25) is 5.91 Å². The van der Waals surface area contributed by atoms with E-state index in [0.717, 1.165) is 11.3 Å². The van der Waals surface area contributed by atoms with Crippen LogP contribution in [0.3, 0.4) is 0 Å². The van der Waals surface area contributed by atoms with Gasteiger partial charge in [-0.05, 0) is 30.4 Å². The van der Waals surface area contributed by atoms with Gasteiger partial charge in [0, 0.05) is 24.5 Å². The van der Waals surface area contributed by atoms with E-state index in [9.17, 15) is 4.79 Å². The van der Waals surface area contributed by atoms with Crippen LogP contribution in [0.4, 0.5) is 0 Å². The Kier molecular flexibility index (Phi) is 5.26. The van der Waals surface area contributed by atoms with Crippen LogP contribution in [0.1, 0.15) is 45.7 Å². The summed E-state index contributed by atoms with van der Waals surface area (Å²) in [4.78, 5) is 15.7. The molecule has 1 rings (SSSR count). The third-order valence-corrected chi connectivity index (χ3v) is 3.10. The van der Waals surface area contributed by atoms with E-state index in [1.54, 1.807) is 7.05 Å². The molecule has 0 radical (unpaired) electrons. The van der Waals surface area contributed by atoms with Crippen LogP contribution < -0.4 is 5.32 Å². The number of nitrogens with one attached hydrogen (secondary N) is 1. The number of allylic oxidation sites excluding steroid dienone is 1. The molecule has 0 unspecified atom stereocenters. The maximum atomic E-state index is 11.2. The zero-order valence-electron chi connectivity index (χ0n) is 13.2. The predicted octanol–water partition coefficient (Wildman–Crippen LogP) is 3.44. The molecule has 0 aromatic heterocycles. The smallest absolute Gasteiger partial charge is 0.245 e. The molecule has 0 bridgehead atoms. The molecule has 0 aliphatic carbocycles. The normalized spacial score (nSPS) is 13.3. The van der Waals surface area contributed by atoms with E-state index in [4.69, 9.17) is 0 Å². The molecule has 1 aromatic carbocycles. The van der Waals surface area contributed by atoms with E-state index in [0.29, 0.717) is 5.70 Å². The van der Waals surface area contributed by atoms with Crippen LogP contribution in [0.25, 0.3) is 0 Å². The molecule has 0 fully saturated rings.